The maximum Gasteiger partial charge on any atom is 0.491 e. The number of aromatic nitrogens is 3. The summed E-state index contributed by atoms with van der Waals surface area (Å²) in [4.78, 5) is 40.4. The molecule has 0 bridgehead atoms. The number of rotatable bonds is 5. The van der Waals surface area contributed by atoms with E-state index in [0.717, 1.165) is 0 Å². The number of carbonyl (C=O) groups excluding carboxylic acids is 2. The normalized spacial score (nSPS) is 14.7. The second-order valence-electron chi connectivity index (χ2n) is 7.39. The van der Waals surface area contributed by atoms with E-state index in [9.17, 15) is 22.8 Å². The summed E-state index contributed by atoms with van der Waals surface area (Å²) in [6.45, 7) is 1.78. The summed E-state index contributed by atoms with van der Waals surface area (Å²) in [5.41, 5.74) is 0.779. The highest BCUT2D eigenvalue weighted by atomic mass is 35.5. The van der Waals surface area contributed by atoms with Gasteiger partial charge in [-0.25, -0.2) is 19.6 Å². The minimum absolute atomic E-state index is 0.187. The first kappa shape index (κ1) is 24.9. The zero-order valence-electron chi connectivity index (χ0n) is 18.1. The van der Waals surface area contributed by atoms with Crippen molar-refractivity contribution in [3.8, 4) is 11.6 Å². The van der Waals surface area contributed by atoms with Crippen LogP contribution >= 0.6 is 22.9 Å². The number of esters is 1. The fourth-order valence-corrected chi connectivity index (χ4v) is 4.37. The van der Waals surface area contributed by atoms with Gasteiger partial charge in [0, 0.05) is 43.3 Å². The quantitative estimate of drug-likeness (QED) is 0.394. The Labute approximate surface area is 205 Å². The predicted molar refractivity (Wildman–Crippen MR) is 121 cm³/mol. The zero-order valence-corrected chi connectivity index (χ0v) is 19.7. The summed E-state index contributed by atoms with van der Waals surface area (Å²) >= 11 is 7.17. The molecular weight excluding hydrogens is 513 g/mol. The molecular formula is C20H18ClF3N6O4S. The maximum absolute atomic E-state index is 12.7. The summed E-state index contributed by atoms with van der Waals surface area (Å²) in [6.07, 6.45) is -3.77. The summed E-state index contributed by atoms with van der Waals surface area (Å²) < 4.78 is 47.5. The number of carbonyl (C=O) groups is 2. The molecule has 10 nitrogen and oxygen atoms in total. The second kappa shape index (κ2) is 10.2. The minimum atomic E-state index is -5.11. The van der Waals surface area contributed by atoms with Gasteiger partial charge in [0.25, 0.3) is 0 Å². The van der Waals surface area contributed by atoms with E-state index >= 15 is 0 Å². The average molecular weight is 531 g/mol. The maximum atomic E-state index is 12.7. The van der Waals surface area contributed by atoms with Gasteiger partial charge in [0.2, 0.25) is 5.88 Å². The van der Waals surface area contributed by atoms with Crippen LogP contribution in [0, 0.1) is 0 Å². The Kier molecular flexibility index (Phi) is 7.23. The van der Waals surface area contributed by atoms with Crippen LogP contribution in [0.25, 0.3) is 10.3 Å². The molecule has 2 aromatic heterocycles. The summed E-state index contributed by atoms with van der Waals surface area (Å²) in [5, 5.41) is 3.38. The number of anilines is 1. The number of methoxy groups -OCH3 is 1. The van der Waals surface area contributed by atoms with Gasteiger partial charge in [0.15, 0.2) is 15.5 Å². The van der Waals surface area contributed by atoms with E-state index in [-0.39, 0.29) is 18.3 Å². The Hall–Kier alpha value is -3.23. The van der Waals surface area contributed by atoms with Gasteiger partial charge < -0.3 is 14.4 Å². The van der Waals surface area contributed by atoms with Crippen molar-refractivity contribution < 1.29 is 32.2 Å². The average Bonchev–Trinajstić information content (AvgIpc) is 3.23. The van der Waals surface area contributed by atoms with Crippen LogP contribution in [0.4, 0.5) is 23.1 Å². The molecule has 1 N–H and O–H groups in total. The van der Waals surface area contributed by atoms with E-state index in [4.69, 9.17) is 16.3 Å². The van der Waals surface area contributed by atoms with E-state index < -0.39 is 12.1 Å². The van der Waals surface area contributed by atoms with Crippen LogP contribution in [0.5, 0.6) is 11.6 Å². The van der Waals surface area contributed by atoms with Gasteiger partial charge in [-0.15, -0.1) is 0 Å². The number of nitrogens with zero attached hydrogens (tertiary/aromatic N) is 5. The summed E-state index contributed by atoms with van der Waals surface area (Å²) in [7, 11) is 1.46. The number of fused-ring (bicyclic) bond motifs is 1. The van der Waals surface area contributed by atoms with Crippen molar-refractivity contribution in [2.75, 3.05) is 38.6 Å². The van der Waals surface area contributed by atoms with Crippen molar-refractivity contribution in [1.82, 2.24) is 24.8 Å². The molecule has 35 heavy (non-hydrogen) atoms. The zero-order chi connectivity index (χ0) is 25.2. The van der Waals surface area contributed by atoms with E-state index in [1.54, 1.807) is 4.90 Å². The predicted octanol–water partition coefficient (Wildman–Crippen LogP) is 3.57. The van der Waals surface area contributed by atoms with Crippen molar-refractivity contribution in [3.63, 3.8) is 0 Å². The molecule has 0 spiro atoms. The molecule has 3 heterocycles. The van der Waals surface area contributed by atoms with Gasteiger partial charge in [-0.3, -0.25) is 10.2 Å². The number of piperazine rings is 1. The Balaban J connectivity index is 1.36. The Morgan fingerprint density at radius 1 is 1.20 bits per heavy atom. The third kappa shape index (κ3) is 5.89. The molecule has 0 unspecified atom stereocenters. The fourth-order valence-electron chi connectivity index (χ4n) is 3.39. The van der Waals surface area contributed by atoms with Gasteiger partial charge in [0.1, 0.15) is 12.1 Å². The SMILES string of the molecule is COc1ncnc2sc(NC(=O)N3CCN(Cc4cc(Cl)ccc4OC(=O)C(F)(F)F)CC3)nc12. The molecule has 4 rings (SSSR count). The molecule has 1 aromatic carbocycles. The minimum Gasteiger partial charge on any atom is -0.479 e. The number of nitrogens with one attached hydrogen (secondary N) is 1. The lowest BCUT2D eigenvalue weighted by Crippen LogP contribution is -2.49. The molecule has 1 fully saturated rings. The van der Waals surface area contributed by atoms with Crippen molar-refractivity contribution >= 4 is 50.4 Å². The van der Waals surface area contributed by atoms with Crippen LogP contribution < -0.4 is 14.8 Å². The largest absolute Gasteiger partial charge is 0.491 e. The number of benzene rings is 1. The number of hydrogen-bond donors (Lipinski definition) is 1. The molecule has 0 radical (unpaired) electrons. The van der Waals surface area contributed by atoms with Crippen molar-refractivity contribution in [2.24, 2.45) is 0 Å². The van der Waals surface area contributed by atoms with Gasteiger partial charge >= 0.3 is 18.2 Å². The lowest BCUT2D eigenvalue weighted by Gasteiger charge is -2.34. The molecule has 2 amide bonds. The second-order valence-corrected chi connectivity index (χ2v) is 8.80. The van der Waals surface area contributed by atoms with Crippen molar-refractivity contribution in [1.29, 1.82) is 0 Å². The lowest BCUT2D eigenvalue weighted by atomic mass is 10.1. The van der Waals surface area contributed by atoms with E-state index in [0.29, 0.717) is 58.1 Å². The molecule has 0 saturated carbocycles. The van der Waals surface area contributed by atoms with E-state index in [1.165, 1.54) is 43.0 Å². The van der Waals surface area contributed by atoms with Crippen LogP contribution in [-0.2, 0) is 11.3 Å². The number of alkyl halides is 3. The van der Waals surface area contributed by atoms with Crippen molar-refractivity contribution in [3.05, 3.63) is 35.1 Å². The number of amides is 2. The molecule has 1 aliphatic rings. The molecule has 0 atom stereocenters. The fraction of sp³-hybridized carbons (Fsp3) is 0.350. The molecule has 3 aromatic rings. The number of halogens is 4. The third-order valence-corrected chi connectivity index (χ3v) is 6.19. The van der Waals surface area contributed by atoms with E-state index in [1.807, 2.05) is 4.90 Å². The van der Waals surface area contributed by atoms with Crippen LogP contribution in [0.1, 0.15) is 5.56 Å². The van der Waals surface area contributed by atoms with Crippen LogP contribution in [0.2, 0.25) is 5.02 Å². The highest BCUT2D eigenvalue weighted by Gasteiger charge is 2.41. The molecule has 186 valence electrons. The molecule has 1 saturated heterocycles. The van der Waals surface area contributed by atoms with Gasteiger partial charge in [-0.05, 0) is 18.2 Å². The number of thiazole rings is 1. The first-order valence-electron chi connectivity index (χ1n) is 10.2. The number of ether oxygens (including phenoxy) is 2. The Morgan fingerprint density at radius 3 is 2.63 bits per heavy atom. The number of hydrogen-bond acceptors (Lipinski definition) is 9. The highest BCUT2D eigenvalue weighted by Crippen LogP contribution is 2.30. The van der Waals surface area contributed by atoms with E-state index in [2.05, 4.69) is 25.0 Å². The first-order chi connectivity index (χ1) is 16.6. The molecule has 0 aliphatic carbocycles. The third-order valence-electron chi connectivity index (χ3n) is 5.08. The highest BCUT2D eigenvalue weighted by molar-refractivity contribution is 7.22. The summed E-state index contributed by atoms with van der Waals surface area (Å²) in [5.74, 6) is -2.21. The number of urea groups is 1. The Morgan fingerprint density at radius 2 is 1.94 bits per heavy atom. The molecule has 15 heteroatoms. The lowest BCUT2D eigenvalue weighted by molar-refractivity contribution is -0.189. The van der Waals surface area contributed by atoms with Gasteiger partial charge in [-0.2, -0.15) is 18.2 Å². The monoisotopic (exact) mass is 530 g/mol. The standard InChI is InChI=1S/C20H18ClF3N6O4S/c1-33-15-14-16(26-10-25-15)35-18(27-14)28-19(32)30-6-4-29(5-7-30)9-11-8-12(21)2-3-13(11)34-17(31)20(22,23)24/h2-3,8,10H,4-7,9H2,1H3,(H,27,28,32). The summed E-state index contributed by atoms with van der Waals surface area (Å²) in [6, 6.07) is 3.67. The van der Waals surface area contributed by atoms with Gasteiger partial charge in [0.05, 0.1) is 7.11 Å². The Bertz CT molecular complexity index is 1250. The van der Waals surface area contributed by atoms with Crippen LogP contribution in [-0.4, -0.2) is 76.2 Å². The topological polar surface area (TPSA) is 110 Å². The van der Waals surface area contributed by atoms with Crippen molar-refractivity contribution in [2.45, 2.75) is 12.7 Å². The van der Waals surface area contributed by atoms with Crippen LogP contribution in [0.3, 0.4) is 0 Å². The molecule has 1 aliphatic heterocycles. The van der Waals surface area contributed by atoms with Gasteiger partial charge in [-0.1, -0.05) is 22.9 Å². The first-order valence-corrected chi connectivity index (χ1v) is 11.3. The van der Waals surface area contributed by atoms with Crippen LogP contribution in [0.15, 0.2) is 24.5 Å². The smallest absolute Gasteiger partial charge is 0.479 e.